The Morgan fingerprint density at radius 3 is 2.59 bits per heavy atom. The molecule has 3 N–H and O–H groups in total. The summed E-state index contributed by atoms with van der Waals surface area (Å²) < 4.78 is 33.9. The quantitative estimate of drug-likeness (QED) is 0.354. The molecule has 8 heteroatoms. The van der Waals surface area contributed by atoms with Crippen LogP contribution in [0.5, 0.6) is 0 Å². The van der Waals surface area contributed by atoms with E-state index in [1.165, 1.54) is 0 Å². The van der Waals surface area contributed by atoms with Gasteiger partial charge in [0.2, 0.25) is 10.0 Å². The molecular weight excluding hydrogens is 486 g/mol. The van der Waals surface area contributed by atoms with Crippen molar-refractivity contribution in [3.63, 3.8) is 0 Å². The second kappa shape index (κ2) is 13.4. The third-order valence-electron chi connectivity index (χ3n) is 6.69. The van der Waals surface area contributed by atoms with Crippen LogP contribution in [-0.4, -0.2) is 49.7 Å². The van der Waals surface area contributed by atoms with Gasteiger partial charge in [0, 0.05) is 29.4 Å². The average molecular weight is 530 g/mol. The van der Waals surface area contributed by atoms with Gasteiger partial charge in [-0.25, -0.2) is 8.42 Å². The van der Waals surface area contributed by atoms with E-state index in [0.717, 1.165) is 49.8 Å². The molecule has 1 aliphatic rings. The predicted octanol–water partition coefficient (Wildman–Crippen LogP) is 5.11. The number of unbranched alkanes of at least 4 members (excludes halogenated alkanes) is 1. The summed E-state index contributed by atoms with van der Waals surface area (Å²) in [5.74, 6) is -0.0111. The van der Waals surface area contributed by atoms with Crippen molar-refractivity contribution in [2.24, 2.45) is 5.73 Å². The molecule has 37 heavy (non-hydrogen) atoms. The zero-order chi connectivity index (χ0) is 26.9. The molecular formula is C29H43N3O4S. The topological polar surface area (TPSA) is 102 Å². The summed E-state index contributed by atoms with van der Waals surface area (Å²) in [6.07, 6.45) is 6.03. The summed E-state index contributed by atoms with van der Waals surface area (Å²) in [5.41, 5.74) is 8.69. The van der Waals surface area contributed by atoms with E-state index in [2.05, 4.69) is 11.6 Å². The minimum atomic E-state index is -3.51. The van der Waals surface area contributed by atoms with Crippen LogP contribution in [0.15, 0.2) is 48.5 Å². The molecule has 0 saturated carbocycles. The van der Waals surface area contributed by atoms with Gasteiger partial charge < -0.3 is 15.4 Å². The van der Waals surface area contributed by atoms with E-state index in [4.69, 9.17) is 10.5 Å². The zero-order valence-corrected chi connectivity index (χ0v) is 23.4. The number of hydrogen-bond acceptors (Lipinski definition) is 5. The van der Waals surface area contributed by atoms with Crippen LogP contribution < -0.4 is 10.5 Å². The van der Waals surface area contributed by atoms with Gasteiger partial charge in [0.05, 0.1) is 19.0 Å². The molecule has 204 valence electrons. The fraction of sp³-hybridized carbons (Fsp3) is 0.552. The Labute approximate surface area is 222 Å². The van der Waals surface area contributed by atoms with Gasteiger partial charge in [-0.2, -0.15) is 0 Å². The number of nitrogens with two attached hydrogens (primary N) is 1. The first-order valence-electron chi connectivity index (χ1n) is 13.5. The highest BCUT2D eigenvalue weighted by molar-refractivity contribution is 7.92. The lowest BCUT2D eigenvalue weighted by Crippen LogP contribution is -2.43. The smallest absolute Gasteiger partial charge is 0.254 e. The molecule has 1 amide bonds. The van der Waals surface area contributed by atoms with Gasteiger partial charge in [0.25, 0.3) is 5.91 Å². The second-order valence-electron chi connectivity index (χ2n) is 10.6. The normalized spacial score (nSPS) is 17.5. The Morgan fingerprint density at radius 1 is 1.14 bits per heavy atom. The van der Waals surface area contributed by atoms with E-state index in [-0.39, 0.29) is 24.3 Å². The molecule has 0 aromatic heterocycles. The number of ether oxygens (including phenoxy) is 1. The van der Waals surface area contributed by atoms with Gasteiger partial charge in [0.15, 0.2) is 0 Å². The number of carbonyl (C=O) groups excluding carboxylic acids is 1. The SMILES string of the molecule is CCCCS(=O)(=O)Nc1cc(COCC(C)(N)Cc2ccccc2)cc(C(=O)N2CCCC2CCC)c1. The van der Waals surface area contributed by atoms with Crippen LogP contribution >= 0.6 is 0 Å². The Bertz CT molecular complexity index is 1120. The van der Waals surface area contributed by atoms with Crippen molar-refractivity contribution in [3.05, 3.63) is 65.2 Å². The number of benzene rings is 2. The van der Waals surface area contributed by atoms with Crippen molar-refractivity contribution in [3.8, 4) is 0 Å². The minimum absolute atomic E-state index is 0.0449. The zero-order valence-electron chi connectivity index (χ0n) is 22.5. The summed E-state index contributed by atoms with van der Waals surface area (Å²) in [7, 11) is -3.51. The van der Waals surface area contributed by atoms with Crippen LogP contribution in [0.4, 0.5) is 5.69 Å². The first-order valence-corrected chi connectivity index (χ1v) is 15.1. The van der Waals surface area contributed by atoms with Crippen molar-refractivity contribution in [1.29, 1.82) is 0 Å². The van der Waals surface area contributed by atoms with E-state index < -0.39 is 15.6 Å². The molecule has 7 nitrogen and oxygen atoms in total. The lowest BCUT2D eigenvalue weighted by Gasteiger charge is -2.26. The number of nitrogens with one attached hydrogen (secondary N) is 1. The van der Waals surface area contributed by atoms with E-state index in [9.17, 15) is 13.2 Å². The highest BCUT2D eigenvalue weighted by Gasteiger charge is 2.29. The molecule has 1 saturated heterocycles. The maximum absolute atomic E-state index is 13.5. The van der Waals surface area contributed by atoms with Gasteiger partial charge in [-0.15, -0.1) is 0 Å². The Hall–Kier alpha value is -2.42. The van der Waals surface area contributed by atoms with Gasteiger partial charge in [-0.1, -0.05) is 57.0 Å². The fourth-order valence-electron chi connectivity index (χ4n) is 4.94. The molecule has 1 heterocycles. The first kappa shape index (κ1) is 29.1. The first-order chi connectivity index (χ1) is 17.6. The van der Waals surface area contributed by atoms with E-state index in [1.54, 1.807) is 12.1 Å². The van der Waals surface area contributed by atoms with Crippen molar-refractivity contribution in [1.82, 2.24) is 4.90 Å². The molecule has 2 aromatic rings. The Morgan fingerprint density at radius 2 is 1.89 bits per heavy atom. The average Bonchev–Trinajstić information content (AvgIpc) is 3.30. The number of nitrogens with zero attached hydrogens (tertiary/aromatic N) is 1. The lowest BCUT2D eigenvalue weighted by molar-refractivity contribution is 0.0725. The summed E-state index contributed by atoms with van der Waals surface area (Å²) in [6.45, 7) is 7.32. The Balaban J connectivity index is 1.77. The molecule has 0 aliphatic carbocycles. The molecule has 2 aromatic carbocycles. The number of anilines is 1. The largest absolute Gasteiger partial charge is 0.375 e. The van der Waals surface area contributed by atoms with Crippen molar-refractivity contribution < 1.29 is 17.9 Å². The van der Waals surface area contributed by atoms with Crippen LogP contribution in [0.1, 0.15) is 80.8 Å². The number of sulfonamides is 1. The number of likely N-dealkylation sites (tertiary alicyclic amines) is 1. The highest BCUT2D eigenvalue weighted by Crippen LogP contribution is 2.26. The molecule has 2 atom stereocenters. The maximum atomic E-state index is 13.5. The van der Waals surface area contributed by atoms with Crippen molar-refractivity contribution in [2.45, 2.75) is 83.9 Å². The highest BCUT2D eigenvalue weighted by atomic mass is 32.2. The lowest BCUT2D eigenvalue weighted by atomic mass is 9.95. The van der Waals surface area contributed by atoms with E-state index in [0.29, 0.717) is 30.7 Å². The summed E-state index contributed by atoms with van der Waals surface area (Å²) in [4.78, 5) is 15.4. The minimum Gasteiger partial charge on any atom is -0.375 e. The van der Waals surface area contributed by atoms with E-state index >= 15 is 0 Å². The molecule has 1 aliphatic heterocycles. The van der Waals surface area contributed by atoms with Gasteiger partial charge >= 0.3 is 0 Å². The monoisotopic (exact) mass is 529 g/mol. The third kappa shape index (κ3) is 9.13. The van der Waals surface area contributed by atoms with Crippen molar-refractivity contribution in [2.75, 3.05) is 23.6 Å². The molecule has 0 spiro atoms. The summed E-state index contributed by atoms with van der Waals surface area (Å²) in [6, 6.07) is 15.5. The van der Waals surface area contributed by atoms with Crippen LogP contribution in [0, 0.1) is 0 Å². The maximum Gasteiger partial charge on any atom is 0.254 e. The van der Waals surface area contributed by atoms with Gasteiger partial charge in [0.1, 0.15) is 0 Å². The summed E-state index contributed by atoms with van der Waals surface area (Å²) >= 11 is 0. The van der Waals surface area contributed by atoms with Crippen LogP contribution in [0.2, 0.25) is 0 Å². The molecule has 0 radical (unpaired) electrons. The number of rotatable bonds is 14. The number of carbonyl (C=O) groups is 1. The van der Waals surface area contributed by atoms with Crippen LogP contribution in [-0.2, 0) is 27.8 Å². The second-order valence-corrected chi connectivity index (χ2v) is 12.4. The summed E-state index contributed by atoms with van der Waals surface area (Å²) in [5, 5.41) is 0. The van der Waals surface area contributed by atoms with Crippen molar-refractivity contribution >= 4 is 21.6 Å². The number of amides is 1. The third-order valence-corrected chi connectivity index (χ3v) is 8.06. The van der Waals surface area contributed by atoms with Gasteiger partial charge in [-0.05, 0) is 68.4 Å². The number of hydrogen-bond donors (Lipinski definition) is 2. The van der Waals surface area contributed by atoms with Crippen LogP contribution in [0.3, 0.4) is 0 Å². The van der Waals surface area contributed by atoms with Crippen LogP contribution in [0.25, 0.3) is 0 Å². The Kier molecular flexibility index (Phi) is 10.6. The molecule has 2 unspecified atom stereocenters. The van der Waals surface area contributed by atoms with E-state index in [1.807, 2.05) is 55.1 Å². The molecule has 1 fully saturated rings. The standard InChI is InChI=1S/C29H43N3O4S/c1-4-6-16-37(34,35)31-26-18-24(21-36-22-29(3,30)20-23-12-8-7-9-13-23)17-25(19-26)28(33)32-15-10-14-27(32)11-5-2/h7-9,12-13,17-19,27,31H,4-6,10-11,14-16,20-22,30H2,1-3H3. The predicted molar refractivity (Wildman–Crippen MR) is 150 cm³/mol. The van der Waals surface area contributed by atoms with Gasteiger partial charge in [-0.3, -0.25) is 9.52 Å². The molecule has 3 rings (SSSR count). The molecule has 0 bridgehead atoms. The fourth-order valence-corrected chi connectivity index (χ4v) is 6.19.